The molecule has 0 aromatic heterocycles. The van der Waals surface area contributed by atoms with Crippen LogP contribution >= 0.6 is 0 Å². The second kappa shape index (κ2) is 12.1. The van der Waals surface area contributed by atoms with Crippen LogP contribution in [0.25, 0.3) is 6.08 Å². The number of halogens is 3. The van der Waals surface area contributed by atoms with Crippen molar-refractivity contribution < 1.29 is 26.3 Å². The quantitative estimate of drug-likeness (QED) is 0.307. The van der Waals surface area contributed by atoms with E-state index in [1.807, 2.05) is 67.3 Å². The lowest BCUT2D eigenvalue weighted by atomic mass is 9.97. The standard InChI is InChI=1S/C27H29F3N2O3S/c1-3-32(24-12-8-5-9-13-24)26(31-36(33,34)19-18-22-10-6-4-7-11-22)21(2)20-23-14-16-25(17-15-23)35-27(28,29)30/h4-19,21,26,31H,3,20H2,1-2H3/b19-18+. The summed E-state index contributed by atoms with van der Waals surface area (Å²) in [6, 6.07) is 24.2. The second-order valence-corrected chi connectivity index (χ2v) is 9.91. The van der Waals surface area contributed by atoms with Gasteiger partial charge in [-0.25, -0.2) is 8.42 Å². The lowest BCUT2D eigenvalue weighted by Gasteiger charge is -2.37. The van der Waals surface area contributed by atoms with Gasteiger partial charge in [0, 0.05) is 17.6 Å². The SMILES string of the molecule is CCN(c1ccccc1)C(NS(=O)(=O)/C=C/c1ccccc1)C(C)Cc1ccc(OC(F)(F)F)cc1. The lowest BCUT2D eigenvalue weighted by molar-refractivity contribution is -0.274. The molecule has 0 saturated heterocycles. The number of benzene rings is 3. The predicted molar refractivity (Wildman–Crippen MR) is 137 cm³/mol. The molecule has 1 N–H and O–H groups in total. The molecule has 3 aromatic rings. The van der Waals surface area contributed by atoms with E-state index in [2.05, 4.69) is 9.46 Å². The number of alkyl halides is 3. The van der Waals surface area contributed by atoms with Crippen molar-refractivity contribution in [3.8, 4) is 5.75 Å². The molecule has 0 bridgehead atoms. The summed E-state index contributed by atoms with van der Waals surface area (Å²) in [5, 5.41) is 1.14. The van der Waals surface area contributed by atoms with Crippen molar-refractivity contribution in [1.82, 2.24) is 4.72 Å². The summed E-state index contributed by atoms with van der Waals surface area (Å²) in [5.74, 6) is -0.541. The van der Waals surface area contributed by atoms with Gasteiger partial charge in [0.05, 0.1) is 6.17 Å². The van der Waals surface area contributed by atoms with Crippen LogP contribution in [-0.4, -0.2) is 27.5 Å². The van der Waals surface area contributed by atoms with E-state index in [1.165, 1.54) is 18.2 Å². The average molecular weight is 519 g/mol. The Kier molecular flexibility index (Phi) is 9.17. The summed E-state index contributed by atoms with van der Waals surface area (Å²) in [7, 11) is -3.82. The summed E-state index contributed by atoms with van der Waals surface area (Å²) < 4.78 is 70.3. The van der Waals surface area contributed by atoms with E-state index in [1.54, 1.807) is 24.3 Å². The van der Waals surface area contributed by atoms with Crippen molar-refractivity contribution in [3.05, 3.63) is 101 Å². The summed E-state index contributed by atoms with van der Waals surface area (Å²) in [6.45, 7) is 4.37. The maximum atomic E-state index is 13.1. The Hall–Kier alpha value is -3.30. The Morgan fingerprint density at radius 1 is 0.944 bits per heavy atom. The highest BCUT2D eigenvalue weighted by Gasteiger charge is 2.31. The molecule has 0 aliphatic carbocycles. The Morgan fingerprint density at radius 3 is 2.08 bits per heavy atom. The molecule has 0 aliphatic rings. The summed E-state index contributed by atoms with van der Waals surface area (Å²) >= 11 is 0. The Labute approximate surface area is 210 Å². The van der Waals surface area contributed by atoms with Crippen molar-refractivity contribution >= 4 is 21.8 Å². The van der Waals surface area contributed by atoms with Gasteiger partial charge < -0.3 is 9.64 Å². The second-order valence-electron chi connectivity index (χ2n) is 8.32. The highest BCUT2D eigenvalue weighted by Crippen LogP contribution is 2.26. The van der Waals surface area contributed by atoms with E-state index in [-0.39, 0.29) is 11.7 Å². The largest absolute Gasteiger partial charge is 0.573 e. The molecular formula is C27H29F3N2O3S. The Bertz CT molecular complexity index is 1220. The maximum Gasteiger partial charge on any atom is 0.573 e. The molecule has 3 aromatic carbocycles. The predicted octanol–water partition coefficient (Wildman–Crippen LogP) is 6.21. The van der Waals surface area contributed by atoms with E-state index in [4.69, 9.17) is 0 Å². The molecule has 36 heavy (non-hydrogen) atoms. The zero-order valence-corrected chi connectivity index (χ0v) is 20.8. The molecule has 0 heterocycles. The first-order chi connectivity index (χ1) is 17.1. The molecule has 5 nitrogen and oxygen atoms in total. The smallest absolute Gasteiger partial charge is 0.406 e. The zero-order chi connectivity index (χ0) is 26.2. The fourth-order valence-corrected chi connectivity index (χ4v) is 5.01. The number of nitrogens with one attached hydrogen (secondary N) is 1. The first-order valence-electron chi connectivity index (χ1n) is 11.5. The number of nitrogens with zero attached hydrogens (tertiary/aromatic N) is 1. The zero-order valence-electron chi connectivity index (χ0n) is 20.0. The van der Waals surface area contributed by atoms with E-state index in [9.17, 15) is 21.6 Å². The van der Waals surface area contributed by atoms with Crippen LogP contribution in [0.2, 0.25) is 0 Å². The molecule has 0 fully saturated rings. The first kappa shape index (κ1) is 27.3. The summed E-state index contributed by atoms with van der Waals surface area (Å²) in [4.78, 5) is 1.96. The van der Waals surface area contributed by atoms with Crippen LogP contribution < -0.4 is 14.4 Å². The van der Waals surface area contributed by atoms with Crippen LogP contribution in [-0.2, 0) is 16.4 Å². The minimum absolute atomic E-state index is 0.237. The molecule has 9 heteroatoms. The van der Waals surface area contributed by atoms with Gasteiger partial charge in [-0.15, -0.1) is 13.2 Å². The number of ether oxygens (including phenoxy) is 1. The molecule has 0 spiro atoms. The molecule has 2 unspecified atom stereocenters. The van der Waals surface area contributed by atoms with Crippen molar-refractivity contribution in [2.75, 3.05) is 11.4 Å². The number of rotatable bonds is 11. The first-order valence-corrected chi connectivity index (χ1v) is 13.0. The Morgan fingerprint density at radius 2 is 1.53 bits per heavy atom. The van der Waals surface area contributed by atoms with Crippen LogP contribution in [0.4, 0.5) is 18.9 Å². The van der Waals surface area contributed by atoms with Gasteiger partial charge in [-0.05, 0) is 60.7 Å². The molecule has 192 valence electrons. The third kappa shape index (κ3) is 8.42. The third-order valence-electron chi connectivity index (χ3n) is 5.54. The molecular weight excluding hydrogens is 489 g/mol. The van der Waals surface area contributed by atoms with Crippen molar-refractivity contribution in [3.63, 3.8) is 0 Å². The minimum Gasteiger partial charge on any atom is -0.406 e. The summed E-state index contributed by atoms with van der Waals surface area (Å²) in [6.07, 6.45) is -3.43. The van der Waals surface area contributed by atoms with E-state index < -0.39 is 22.6 Å². The molecule has 0 aliphatic heterocycles. The molecule has 0 radical (unpaired) electrons. The number of para-hydroxylation sites is 1. The normalized spacial score (nSPS) is 13.9. The topological polar surface area (TPSA) is 58.6 Å². The molecule has 0 amide bonds. The van der Waals surface area contributed by atoms with E-state index in [0.717, 1.165) is 22.2 Å². The van der Waals surface area contributed by atoms with E-state index >= 15 is 0 Å². The minimum atomic E-state index is -4.76. The number of anilines is 1. The number of hydrogen-bond donors (Lipinski definition) is 1. The van der Waals surface area contributed by atoms with Crippen LogP contribution in [0.15, 0.2) is 90.3 Å². The van der Waals surface area contributed by atoms with Crippen LogP contribution in [0.3, 0.4) is 0 Å². The highest BCUT2D eigenvalue weighted by atomic mass is 32.2. The molecule has 3 rings (SSSR count). The number of hydrogen-bond acceptors (Lipinski definition) is 4. The molecule has 2 atom stereocenters. The fraction of sp³-hybridized carbons (Fsp3) is 0.259. The van der Waals surface area contributed by atoms with Gasteiger partial charge in [0.15, 0.2) is 0 Å². The lowest BCUT2D eigenvalue weighted by Crippen LogP contribution is -2.52. The van der Waals surface area contributed by atoms with Crippen LogP contribution in [0, 0.1) is 5.92 Å². The Balaban J connectivity index is 1.84. The van der Waals surface area contributed by atoms with Crippen LogP contribution in [0.1, 0.15) is 25.0 Å². The summed E-state index contributed by atoms with van der Waals surface area (Å²) in [5.41, 5.74) is 2.36. The van der Waals surface area contributed by atoms with Gasteiger partial charge in [-0.2, -0.15) is 4.72 Å². The van der Waals surface area contributed by atoms with Crippen molar-refractivity contribution in [2.45, 2.75) is 32.8 Å². The van der Waals surface area contributed by atoms with Gasteiger partial charge in [-0.3, -0.25) is 0 Å². The van der Waals surface area contributed by atoms with E-state index in [0.29, 0.717) is 13.0 Å². The van der Waals surface area contributed by atoms with Crippen molar-refractivity contribution in [1.29, 1.82) is 0 Å². The fourth-order valence-electron chi connectivity index (χ4n) is 3.90. The third-order valence-corrected chi connectivity index (χ3v) is 6.61. The highest BCUT2D eigenvalue weighted by molar-refractivity contribution is 7.92. The van der Waals surface area contributed by atoms with Gasteiger partial charge in [0.1, 0.15) is 5.75 Å². The monoisotopic (exact) mass is 518 g/mol. The van der Waals surface area contributed by atoms with Gasteiger partial charge in [-0.1, -0.05) is 67.6 Å². The maximum absolute atomic E-state index is 13.1. The van der Waals surface area contributed by atoms with Crippen molar-refractivity contribution in [2.24, 2.45) is 5.92 Å². The average Bonchev–Trinajstić information content (AvgIpc) is 2.84. The van der Waals surface area contributed by atoms with Gasteiger partial charge in [0.2, 0.25) is 10.0 Å². The van der Waals surface area contributed by atoms with Gasteiger partial charge in [0.25, 0.3) is 0 Å². The van der Waals surface area contributed by atoms with Gasteiger partial charge >= 0.3 is 6.36 Å². The molecule has 0 saturated carbocycles. The number of sulfonamides is 1. The van der Waals surface area contributed by atoms with Crippen LogP contribution in [0.5, 0.6) is 5.75 Å².